The van der Waals surface area contributed by atoms with Gasteiger partial charge in [0.2, 0.25) is 0 Å². The maximum atomic E-state index is 5.91. The molecule has 1 aliphatic heterocycles. The SMILES string of the molecule is CCOc1nc2ccccc2nc1O[C@@H]1CCNC1.Cl. The molecule has 0 spiro atoms. The summed E-state index contributed by atoms with van der Waals surface area (Å²) in [6, 6.07) is 7.73. The summed E-state index contributed by atoms with van der Waals surface area (Å²) in [6.45, 7) is 4.31. The van der Waals surface area contributed by atoms with Crippen LogP contribution in [0, 0.1) is 0 Å². The lowest BCUT2D eigenvalue weighted by molar-refractivity contribution is 0.196. The molecule has 1 N–H and O–H groups in total. The van der Waals surface area contributed by atoms with Crippen LogP contribution in [0.3, 0.4) is 0 Å². The highest BCUT2D eigenvalue weighted by atomic mass is 35.5. The van der Waals surface area contributed by atoms with Gasteiger partial charge in [0.05, 0.1) is 17.6 Å². The van der Waals surface area contributed by atoms with E-state index in [1.165, 1.54) is 0 Å². The summed E-state index contributed by atoms with van der Waals surface area (Å²) in [7, 11) is 0. The molecule has 2 aromatic rings. The Morgan fingerprint density at radius 2 is 1.90 bits per heavy atom. The molecule has 108 valence electrons. The molecule has 0 radical (unpaired) electrons. The molecule has 5 nitrogen and oxygen atoms in total. The standard InChI is InChI=1S/C14H17N3O2.ClH/c1-2-18-13-14(19-10-7-8-15-9-10)17-12-6-4-3-5-11(12)16-13;/h3-6,10,15H,2,7-9H2,1H3;1H/t10-;/m1./s1. The van der Waals surface area contributed by atoms with Gasteiger partial charge >= 0.3 is 0 Å². The molecule has 20 heavy (non-hydrogen) atoms. The van der Waals surface area contributed by atoms with E-state index in [-0.39, 0.29) is 18.5 Å². The minimum Gasteiger partial charge on any atom is -0.474 e. The van der Waals surface area contributed by atoms with Crippen molar-refractivity contribution in [3.63, 3.8) is 0 Å². The lowest BCUT2D eigenvalue weighted by atomic mass is 10.3. The number of nitrogens with one attached hydrogen (secondary N) is 1. The maximum absolute atomic E-state index is 5.91. The van der Waals surface area contributed by atoms with Gasteiger partial charge in [-0.1, -0.05) is 12.1 Å². The summed E-state index contributed by atoms with van der Waals surface area (Å²) in [5.41, 5.74) is 1.65. The highest BCUT2D eigenvalue weighted by molar-refractivity contribution is 5.85. The lowest BCUT2D eigenvalue weighted by Crippen LogP contribution is -2.20. The van der Waals surface area contributed by atoms with Crippen LogP contribution in [0.2, 0.25) is 0 Å². The van der Waals surface area contributed by atoms with Crippen LogP contribution in [0.1, 0.15) is 13.3 Å². The van der Waals surface area contributed by atoms with Gasteiger partial charge in [0.1, 0.15) is 6.10 Å². The van der Waals surface area contributed by atoms with Gasteiger partial charge in [-0.2, -0.15) is 0 Å². The zero-order valence-corrected chi connectivity index (χ0v) is 12.2. The average Bonchev–Trinajstić information content (AvgIpc) is 2.93. The van der Waals surface area contributed by atoms with Crippen LogP contribution in [-0.4, -0.2) is 35.8 Å². The van der Waals surface area contributed by atoms with E-state index in [1.54, 1.807) is 0 Å². The lowest BCUT2D eigenvalue weighted by Gasteiger charge is -2.14. The maximum Gasteiger partial charge on any atom is 0.279 e. The molecule has 0 saturated carbocycles. The monoisotopic (exact) mass is 295 g/mol. The van der Waals surface area contributed by atoms with Crippen molar-refractivity contribution in [1.29, 1.82) is 0 Å². The number of para-hydroxylation sites is 2. The summed E-state index contributed by atoms with van der Waals surface area (Å²) in [5, 5.41) is 3.27. The first-order valence-corrected chi connectivity index (χ1v) is 6.64. The van der Waals surface area contributed by atoms with Gasteiger partial charge < -0.3 is 14.8 Å². The third-order valence-electron chi connectivity index (χ3n) is 3.08. The molecule has 2 heterocycles. The predicted octanol–water partition coefficient (Wildman–Crippen LogP) is 2.19. The quantitative estimate of drug-likeness (QED) is 0.937. The largest absolute Gasteiger partial charge is 0.474 e. The van der Waals surface area contributed by atoms with Crippen LogP contribution < -0.4 is 14.8 Å². The van der Waals surface area contributed by atoms with Crippen LogP contribution in [0.4, 0.5) is 0 Å². The van der Waals surface area contributed by atoms with Gasteiger partial charge in [-0.15, -0.1) is 12.4 Å². The summed E-state index contributed by atoms with van der Waals surface area (Å²) >= 11 is 0. The number of fused-ring (bicyclic) bond motifs is 1. The molecule has 3 rings (SSSR count). The zero-order valence-electron chi connectivity index (χ0n) is 11.3. The Morgan fingerprint density at radius 1 is 1.20 bits per heavy atom. The summed E-state index contributed by atoms with van der Waals surface area (Å²) in [6.07, 6.45) is 1.13. The molecule has 1 aromatic heterocycles. The smallest absolute Gasteiger partial charge is 0.279 e. The topological polar surface area (TPSA) is 56.3 Å². The van der Waals surface area contributed by atoms with Gasteiger partial charge in [0, 0.05) is 6.54 Å². The van der Waals surface area contributed by atoms with Crippen molar-refractivity contribution in [3.8, 4) is 11.8 Å². The van der Waals surface area contributed by atoms with Crippen molar-refractivity contribution in [3.05, 3.63) is 24.3 Å². The minimum absolute atomic E-state index is 0. The van der Waals surface area contributed by atoms with E-state index >= 15 is 0 Å². The molecule has 1 atom stereocenters. The van der Waals surface area contributed by atoms with Gasteiger partial charge in [0.15, 0.2) is 0 Å². The molecule has 1 saturated heterocycles. The molecule has 0 aliphatic carbocycles. The number of nitrogens with zero attached hydrogens (tertiary/aromatic N) is 2. The van der Waals surface area contributed by atoms with Crippen molar-refractivity contribution < 1.29 is 9.47 Å². The molecule has 0 amide bonds. The molecule has 0 unspecified atom stereocenters. The first kappa shape index (κ1) is 14.8. The third kappa shape index (κ3) is 3.11. The average molecular weight is 296 g/mol. The second-order valence-electron chi connectivity index (χ2n) is 4.49. The Hall–Kier alpha value is -1.59. The highest BCUT2D eigenvalue weighted by Crippen LogP contribution is 2.27. The fourth-order valence-electron chi connectivity index (χ4n) is 2.16. The van der Waals surface area contributed by atoms with Crippen molar-refractivity contribution in [2.75, 3.05) is 19.7 Å². The first-order valence-electron chi connectivity index (χ1n) is 6.64. The number of halogens is 1. The van der Waals surface area contributed by atoms with E-state index in [9.17, 15) is 0 Å². The molecule has 6 heteroatoms. The number of ether oxygens (including phenoxy) is 2. The van der Waals surface area contributed by atoms with Crippen LogP contribution in [0.15, 0.2) is 24.3 Å². The van der Waals surface area contributed by atoms with E-state index in [0.29, 0.717) is 18.4 Å². The predicted molar refractivity (Wildman–Crippen MR) is 79.9 cm³/mol. The van der Waals surface area contributed by atoms with E-state index < -0.39 is 0 Å². The fraction of sp³-hybridized carbons (Fsp3) is 0.429. The Kier molecular flexibility index (Phi) is 4.98. The second-order valence-corrected chi connectivity index (χ2v) is 4.49. The summed E-state index contributed by atoms with van der Waals surface area (Å²) in [5.74, 6) is 0.974. The molecular weight excluding hydrogens is 278 g/mol. The number of hydrogen-bond donors (Lipinski definition) is 1. The Labute approximate surface area is 124 Å². The second kappa shape index (κ2) is 6.72. The van der Waals surface area contributed by atoms with Crippen molar-refractivity contribution >= 4 is 23.4 Å². The fourth-order valence-corrected chi connectivity index (χ4v) is 2.16. The zero-order chi connectivity index (χ0) is 13.1. The van der Waals surface area contributed by atoms with Crippen LogP contribution in [0.25, 0.3) is 11.0 Å². The van der Waals surface area contributed by atoms with Crippen LogP contribution in [-0.2, 0) is 0 Å². The third-order valence-corrected chi connectivity index (χ3v) is 3.08. The highest BCUT2D eigenvalue weighted by Gasteiger charge is 2.20. The van der Waals surface area contributed by atoms with Gasteiger partial charge in [-0.3, -0.25) is 0 Å². The Morgan fingerprint density at radius 3 is 2.50 bits per heavy atom. The Bertz CT molecular complexity index is 573. The molecule has 1 fully saturated rings. The molecule has 1 aromatic carbocycles. The van der Waals surface area contributed by atoms with E-state index in [4.69, 9.17) is 9.47 Å². The van der Waals surface area contributed by atoms with Crippen molar-refractivity contribution in [1.82, 2.24) is 15.3 Å². The first-order chi connectivity index (χ1) is 9.36. The van der Waals surface area contributed by atoms with Crippen molar-refractivity contribution in [2.45, 2.75) is 19.4 Å². The molecule has 1 aliphatic rings. The van der Waals surface area contributed by atoms with E-state index in [2.05, 4.69) is 15.3 Å². The molecular formula is C14H18ClN3O2. The van der Waals surface area contributed by atoms with Crippen LogP contribution in [0.5, 0.6) is 11.8 Å². The van der Waals surface area contributed by atoms with E-state index in [1.807, 2.05) is 31.2 Å². The van der Waals surface area contributed by atoms with Crippen molar-refractivity contribution in [2.24, 2.45) is 0 Å². The number of aromatic nitrogens is 2. The van der Waals surface area contributed by atoms with E-state index in [0.717, 1.165) is 30.5 Å². The molecule has 0 bridgehead atoms. The Balaban J connectivity index is 0.00000147. The normalized spacial score (nSPS) is 17.8. The van der Waals surface area contributed by atoms with Gasteiger partial charge in [-0.05, 0) is 32.0 Å². The summed E-state index contributed by atoms with van der Waals surface area (Å²) < 4.78 is 11.4. The van der Waals surface area contributed by atoms with Crippen LogP contribution >= 0.6 is 12.4 Å². The summed E-state index contributed by atoms with van der Waals surface area (Å²) in [4.78, 5) is 9.00. The number of benzene rings is 1. The van der Waals surface area contributed by atoms with Gasteiger partial charge in [-0.25, -0.2) is 9.97 Å². The van der Waals surface area contributed by atoms with Gasteiger partial charge in [0.25, 0.3) is 11.8 Å². The number of rotatable bonds is 4. The minimum atomic E-state index is 0. The number of hydrogen-bond acceptors (Lipinski definition) is 5.